The van der Waals surface area contributed by atoms with E-state index in [2.05, 4.69) is 0 Å². The highest BCUT2D eigenvalue weighted by Gasteiger charge is 2.23. The molecule has 0 radical (unpaired) electrons. The average Bonchev–Trinajstić information content (AvgIpc) is 2.67. The molecule has 0 atom stereocenters. The Morgan fingerprint density at radius 1 is 0.926 bits per heavy atom. The number of aryl methyl sites for hydroxylation is 2. The van der Waals surface area contributed by atoms with Crippen LogP contribution in [-0.2, 0) is 6.61 Å². The summed E-state index contributed by atoms with van der Waals surface area (Å²) < 4.78 is 11.5. The maximum absolute atomic E-state index is 11.6. The van der Waals surface area contributed by atoms with Gasteiger partial charge in [0.05, 0.1) is 17.6 Å². The van der Waals surface area contributed by atoms with E-state index >= 15 is 0 Å². The Balaban J connectivity index is 2.14. The fourth-order valence-corrected chi connectivity index (χ4v) is 3.14. The van der Waals surface area contributed by atoms with Crippen molar-refractivity contribution in [3.8, 4) is 22.6 Å². The Morgan fingerprint density at radius 2 is 1.67 bits per heavy atom. The van der Waals surface area contributed by atoms with Crippen LogP contribution in [0.15, 0.2) is 60.7 Å². The highest BCUT2D eigenvalue weighted by Crippen LogP contribution is 2.43. The van der Waals surface area contributed by atoms with Crippen LogP contribution in [0.2, 0.25) is 0 Å². The molecule has 0 aliphatic rings. The molecule has 3 aromatic rings. The van der Waals surface area contributed by atoms with Gasteiger partial charge in [0.2, 0.25) is 0 Å². The van der Waals surface area contributed by atoms with E-state index in [4.69, 9.17) is 9.47 Å². The summed E-state index contributed by atoms with van der Waals surface area (Å²) in [5, 5.41) is 11.6. The lowest BCUT2D eigenvalue weighted by atomic mass is 9.94. The largest absolute Gasteiger partial charge is 0.497 e. The van der Waals surface area contributed by atoms with Gasteiger partial charge < -0.3 is 9.47 Å². The second-order valence-corrected chi connectivity index (χ2v) is 6.32. The molecule has 0 N–H and O–H groups in total. The zero-order valence-corrected chi connectivity index (χ0v) is 15.6. The van der Waals surface area contributed by atoms with Gasteiger partial charge in [-0.15, -0.1) is 0 Å². The maximum Gasteiger partial charge on any atom is 0.277 e. The summed E-state index contributed by atoms with van der Waals surface area (Å²) in [5.74, 6) is 1.21. The van der Waals surface area contributed by atoms with Crippen LogP contribution in [0.25, 0.3) is 11.1 Å². The molecule has 0 spiro atoms. The average molecular weight is 363 g/mol. The molecule has 0 aliphatic carbocycles. The van der Waals surface area contributed by atoms with Crippen LogP contribution in [-0.4, -0.2) is 12.0 Å². The Bertz CT molecular complexity index is 968. The van der Waals surface area contributed by atoms with Crippen molar-refractivity contribution >= 4 is 5.69 Å². The molecule has 3 rings (SSSR count). The Morgan fingerprint density at radius 3 is 2.33 bits per heavy atom. The molecule has 5 nitrogen and oxygen atoms in total. The van der Waals surface area contributed by atoms with Gasteiger partial charge in [0.1, 0.15) is 18.1 Å². The van der Waals surface area contributed by atoms with Crippen LogP contribution >= 0.6 is 0 Å². The van der Waals surface area contributed by atoms with Crippen LogP contribution in [0.1, 0.15) is 16.7 Å². The number of hydrogen-bond donors (Lipinski definition) is 0. The van der Waals surface area contributed by atoms with Crippen molar-refractivity contribution in [2.24, 2.45) is 0 Å². The van der Waals surface area contributed by atoms with E-state index in [1.807, 2.05) is 56.3 Å². The summed E-state index contributed by atoms with van der Waals surface area (Å²) in [7, 11) is 1.59. The van der Waals surface area contributed by atoms with Gasteiger partial charge in [-0.25, -0.2) is 0 Å². The van der Waals surface area contributed by atoms with Crippen molar-refractivity contribution in [1.29, 1.82) is 0 Å². The highest BCUT2D eigenvalue weighted by atomic mass is 16.6. The minimum absolute atomic E-state index is 0.0628. The molecule has 5 heteroatoms. The first-order valence-electron chi connectivity index (χ1n) is 8.61. The van der Waals surface area contributed by atoms with E-state index in [-0.39, 0.29) is 10.6 Å². The van der Waals surface area contributed by atoms with Gasteiger partial charge in [-0.05, 0) is 36.6 Å². The van der Waals surface area contributed by atoms with Gasteiger partial charge >= 0.3 is 0 Å². The van der Waals surface area contributed by atoms with Gasteiger partial charge in [-0.1, -0.05) is 42.5 Å². The summed E-state index contributed by atoms with van der Waals surface area (Å²) >= 11 is 0. The van der Waals surface area contributed by atoms with E-state index in [0.717, 1.165) is 22.3 Å². The molecule has 0 bridgehead atoms. The van der Waals surface area contributed by atoms with Crippen molar-refractivity contribution in [3.05, 3.63) is 87.5 Å². The molecular weight excluding hydrogens is 342 g/mol. The van der Waals surface area contributed by atoms with Crippen molar-refractivity contribution < 1.29 is 14.4 Å². The Hall–Kier alpha value is -3.34. The summed E-state index contributed by atoms with van der Waals surface area (Å²) in [6, 6.07) is 18.5. The smallest absolute Gasteiger partial charge is 0.277 e. The van der Waals surface area contributed by atoms with Gasteiger partial charge in [0.15, 0.2) is 0 Å². The van der Waals surface area contributed by atoms with E-state index < -0.39 is 0 Å². The lowest BCUT2D eigenvalue weighted by Gasteiger charge is -2.17. The van der Waals surface area contributed by atoms with Crippen molar-refractivity contribution in [2.45, 2.75) is 20.5 Å². The first-order valence-corrected chi connectivity index (χ1v) is 8.61. The van der Waals surface area contributed by atoms with Crippen LogP contribution in [0, 0.1) is 24.0 Å². The summed E-state index contributed by atoms with van der Waals surface area (Å²) in [4.78, 5) is 11.3. The van der Waals surface area contributed by atoms with Crippen LogP contribution < -0.4 is 9.47 Å². The van der Waals surface area contributed by atoms with Crippen LogP contribution in [0.5, 0.6) is 11.5 Å². The molecule has 0 unspecified atom stereocenters. The molecule has 0 heterocycles. The molecule has 0 saturated carbocycles. The van der Waals surface area contributed by atoms with Crippen molar-refractivity contribution in [3.63, 3.8) is 0 Å². The zero-order valence-electron chi connectivity index (χ0n) is 15.6. The standard InChI is InChI=1S/C22H21NO4/c1-15-8-7-11-19(23(24)25)21(15)22-16(2)12-18(26-3)13-20(22)27-14-17-9-5-4-6-10-17/h4-13H,14H2,1-3H3. The van der Waals surface area contributed by atoms with E-state index in [1.165, 1.54) is 6.07 Å². The van der Waals surface area contributed by atoms with E-state index in [1.54, 1.807) is 19.2 Å². The monoisotopic (exact) mass is 363 g/mol. The number of benzene rings is 3. The van der Waals surface area contributed by atoms with Crippen molar-refractivity contribution in [2.75, 3.05) is 7.11 Å². The second kappa shape index (κ2) is 7.91. The zero-order chi connectivity index (χ0) is 19.4. The third-order valence-corrected chi connectivity index (χ3v) is 4.44. The SMILES string of the molecule is COc1cc(C)c(-c2c(C)cccc2[N+](=O)[O-])c(OCc2ccccc2)c1. The molecule has 3 aromatic carbocycles. The van der Waals surface area contributed by atoms with Crippen LogP contribution in [0.3, 0.4) is 0 Å². The number of hydrogen-bond acceptors (Lipinski definition) is 4. The minimum atomic E-state index is -0.354. The Kier molecular flexibility index (Phi) is 5.41. The normalized spacial score (nSPS) is 10.5. The molecule has 0 aliphatic heterocycles. The van der Waals surface area contributed by atoms with Gasteiger partial charge in [-0.2, -0.15) is 0 Å². The summed E-state index contributed by atoms with van der Waals surface area (Å²) in [6.45, 7) is 4.14. The predicted molar refractivity (Wildman–Crippen MR) is 105 cm³/mol. The highest BCUT2D eigenvalue weighted by molar-refractivity contribution is 5.84. The molecule has 27 heavy (non-hydrogen) atoms. The molecule has 0 fully saturated rings. The van der Waals surface area contributed by atoms with E-state index in [0.29, 0.717) is 23.7 Å². The number of rotatable bonds is 6. The number of nitrogens with zero attached hydrogens (tertiary/aromatic N) is 1. The van der Waals surface area contributed by atoms with Gasteiger partial charge in [-0.3, -0.25) is 10.1 Å². The Labute approximate surface area is 158 Å². The number of nitro benzene ring substituents is 1. The van der Waals surface area contributed by atoms with Crippen molar-refractivity contribution in [1.82, 2.24) is 0 Å². The molecule has 138 valence electrons. The third kappa shape index (κ3) is 3.92. The minimum Gasteiger partial charge on any atom is -0.497 e. The molecule has 0 aromatic heterocycles. The first-order chi connectivity index (χ1) is 13.0. The lowest BCUT2D eigenvalue weighted by molar-refractivity contribution is -0.384. The number of ether oxygens (including phenoxy) is 2. The summed E-state index contributed by atoms with van der Waals surface area (Å²) in [5.41, 5.74) is 4.05. The summed E-state index contributed by atoms with van der Waals surface area (Å²) in [6.07, 6.45) is 0. The molecule has 0 saturated heterocycles. The predicted octanol–water partition coefficient (Wildman–Crippen LogP) is 5.47. The number of methoxy groups -OCH3 is 1. The number of nitro groups is 1. The molecule has 0 amide bonds. The first kappa shape index (κ1) is 18.5. The fraction of sp³-hybridized carbons (Fsp3) is 0.182. The fourth-order valence-electron chi connectivity index (χ4n) is 3.14. The maximum atomic E-state index is 11.6. The van der Waals surface area contributed by atoms with Crippen LogP contribution in [0.4, 0.5) is 5.69 Å². The quantitative estimate of drug-likeness (QED) is 0.430. The topological polar surface area (TPSA) is 61.6 Å². The third-order valence-electron chi connectivity index (χ3n) is 4.44. The van der Waals surface area contributed by atoms with Gasteiger partial charge in [0.25, 0.3) is 5.69 Å². The van der Waals surface area contributed by atoms with E-state index in [9.17, 15) is 10.1 Å². The second-order valence-electron chi connectivity index (χ2n) is 6.32. The lowest BCUT2D eigenvalue weighted by Crippen LogP contribution is -2.02. The molecular formula is C22H21NO4. The van der Waals surface area contributed by atoms with Gasteiger partial charge in [0, 0.05) is 17.7 Å².